The molecule has 0 spiro atoms. The van der Waals surface area contributed by atoms with Gasteiger partial charge in [-0.05, 0) is 19.9 Å². The van der Waals surface area contributed by atoms with Gasteiger partial charge >= 0.3 is 0 Å². The molecule has 0 saturated carbocycles. The molecule has 1 aliphatic heterocycles. The maximum Gasteiger partial charge on any atom is 0.227 e. The highest BCUT2D eigenvalue weighted by atomic mass is 35.5. The van der Waals surface area contributed by atoms with E-state index in [1.807, 2.05) is 12.1 Å². The summed E-state index contributed by atoms with van der Waals surface area (Å²) < 4.78 is 0. The second-order valence-corrected chi connectivity index (χ2v) is 6.73. The highest BCUT2D eigenvalue weighted by Gasteiger charge is 2.23. The van der Waals surface area contributed by atoms with E-state index >= 15 is 0 Å². The number of halogens is 2. The van der Waals surface area contributed by atoms with E-state index in [0.29, 0.717) is 39.5 Å². The van der Waals surface area contributed by atoms with Crippen molar-refractivity contribution in [1.82, 2.24) is 15.3 Å². The number of hydrogen-bond acceptors (Lipinski definition) is 5. The molecule has 7 heteroatoms. The van der Waals surface area contributed by atoms with Gasteiger partial charge in [-0.25, -0.2) is 4.98 Å². The molecule has 0 amide bonds. The average molecular weight is 352 g/mol. The molecule has 5 nitrogen and oxygen atoms in total. The molecular formula is C16H19Cl2N5. The monoisotopic (exact) mass is 351 g/mol. The van der Waals surface area contributed by atoms with Crippen molar-refractivity contribution >= 4 is 35.0 Å². The summed E-state index contributed by atoms with van der Waals surface area (Å²) in [5.74, 6) is 1.04. The number of aromatic nitrogens is 2. The fourth-order valence-corrected chi connectivity index (χ4v) is 3.35. The van der Waals surface area contributed by atoms with Crippen molar-refractivity contribution in [1.29, 1.82) is 0 Å². The molecule has 0 radical (unpaired) electrons. The summed E-state index contributed by atoms with van der Waals surface area (Å²) in [4.78, 5) is 11.1. The second-order valence-electron chi connectivity index (χ2n) is 5.94. The van der Waals surface area contributed by atoms with E-state index in [2.05, 4.69) is 34.0 Å². The molecule has 122 valence electrons. The Morgan fingerprint density at radius 3 is 2.52 bits per heavy atom. The fraction of sp³-hybridized carbons (Fsp3) is 0.375. The van der Waals surface area contributed by atoms with E-state index in [1.165, 1.54) is 0 Å². The third kappa shape index (κ3) is 3.37. The van der Waals surface area contributed by atoms with Crippen molar-refractivity contribution in [2.45, 2.75) is 25.9 Å². The summed E-state index contributed by atoms with van der Waals surface area (Å²) >= 11 is 12.3. The van der Waals surface area contributed by atoms with Crippen LogP contribution in [-0.2, 0) is 0 Å². The number of piperazine rings is 1. The van der Waals surface area contributed by atoms with Crippen LogP contribution in [-0.4, -0.2) is 35.1 Å². The second kappa shape index (κ2) is 6.51. The molecule has 3 N–H and O–H groups in total. The fourth-order valence-electron chi connectivity index (χ4n) is 2.95. The molecule has 1 aliphatic rings. The Bertz CT molecular complexity index is 712. The van der Waals surface area contributed by atoms with E-state index in [1.54, 1.807) is 12.3 Å². The van der Waals surface area contributed by atoms with Gasteiger partial charge in [0.15, 0.2) is 0 Å². The summed E-state index contributed by atoms with van der Waals surface area (Å²) in [5, 5.41) is 4.43. The van der Waals surface area contributed by atoms with E-state index in [4.69, 9.17) is 28.9 Å². The Hall–Kier alpha value is -1.56. The Kier molecular flexibility index (Phi) is 4.62. The van der Waals surface area contributed by atoms with Crippen LogP contribution in [0.15, 0.2) is 24.4 Å². The van der Waals surface area contributed by atoms with Crippen LogP contribution in [0.2, 0.25) is 10.0 Å². The number of rotatable bonds is 2. The van der Waals surface area contributed by atoms with Crippen LogP contribution in [0.3, 0.4) is 0 Å². The van der Waals surface area contributed by atoms with Crippen molar-refractivity contribution < 1.29 is 0 Å². The highest BCUT2D eigenvalue weighted by Crippen LogP contribution is 2.35. The first-order chi connectivity index (χ1) is 11.0. The predicted molar refractivity (Wildman–Crippen MR) is 96.2 cm³/mol. The number of nitrogens with two attached hydrogens (primary N) is 1. The standard InChI is InChI=1S/C16H19Cl2N5/c1-9-7-23(8-10(2)21-9)16-20-6-12(15(19)22-16)11-4-3-5-13(17)14(11)18/h3-6,9-10,21H,7-8H2,1-2H3,(H2,19,20,22). The lowest BCUT2D eigenvalue weighted by Crippen LogP contribution is -2.54. The molecule has 1 aromatic heterocycles. The largest absolute Gasteiger partial charge is 0.383 e. The molecule has 0 bridgehead atoms. The number of nitrogens with one attached hydrogen (secondary N) is 1. The van der Waals surface area contributed by atoms with E-state index in [-0.39, 0.29) is 0 Å². The number of nitrogens with zero attached hydrogens (tertiary/aromatic N) is 3. The van der Waals surface area contributed by atoms with Crippen LogP contribution < -0.4 is 16.0 Å². The minimum Gasteiger partial charge on any atom is -0.383 e. The van der Waals surface area contributed by atoms with Crippen LogP contribution >= 0.6 is 23.2 Å². The SMILES string of the molecule is CC1CN(c2ncc(-c3cccc(Cl)c3Cl)c(N)n2)CC(C)N1. The van der Waals surface area contributed by atoms with Gasteiger partial charge in [-0.2, -0.15) is 4.98 Å². The van der Waals surface area contributed by atoms with Crippen LogP contribution in [0.1, 0.15) is 13.8 Å². The van der Waals surface area contributed by atoms with Gasteiger partial charge in [-0.3, -0.25) is 0 Å². The Balaban J connectivity index is 1.93. The van der Waals surface area contributed by atoms with Gasteiger partial charge in [0.1, 0.15) is 5.82 Å². The lowest BCUT2D eigenvalue weighted by molar-refractivity contribution is 0.403. The summed E-state index contributed by atoms with van der Waals surface area (Å²) in [6, 6.07) is 6.19. The first kappa shape index (κ1) is 16.3. The average Bonchev–Trinajstić information content (AvgIpc) is 2.49. The van der Waals surface area contributed by atoms with Gasteiger partial charge < -0.3 is 16.0 Å². The maximum atomic E-state index is 6.26. The van der Waals surface area contributed by atoms with Crippen LogP contribution in [0.5, 0.6) is 0 Å². The minimum atomic E-state index is 0.380. The molecule has 1 fully saturated rings. The molecule has 1 saturated heterocycles. The van der Waals surface area contributed by atoms with Gasteiger partial charge in [0.05, 0.1) is 10.0 Å². The molecule has 2 aromatic rings. The Morgan fingerprint density at radius 2 is 1.87 bits per heavy atom. The van der Waals surface area contributed by atoms with Crippen LogP contribution in [0.4, 0.5) is 11.8 Å². The summed E-state index contributed by atoms with van der Waals surface area (Å²) in [7, 11) is 0. The zero-order valence-electron chi connectivity index (χ0n) is 13.1. The third-order valence-corrected chi connectivity index (χ3v) is 4.71. The van der Waals surface area contributed by atoms with E-state index in [0.717, 1.165) is 18.7 Å². The van der Waals surface area contributed by atoms with Crippen molar-refractivity contribution in [3.63, 3.8) is 0 Å². The van der Waals surface area contributed by atoms with E-state index in [9.17, 15) is 0 Å². The van der Waals surface area contributed by atoms with Gasteiger partial charge in [0.2, 0.25) is 5.95 Å². The summed E-state index contributed by atoms with van der Waals surface area (Å²) in [6.45, 7) is 5.99. The molecule has 23 heavy (non-hydrogen) atoms. The van der Waals surface area contributed by atoms with Crippen LogP contribution in [0.25, 0.3) is 11.1 Å². The first-order valence-corrected chi connectivity index (χ1v) is 8.29. The van der Waals surface area contributed by atoms with Crippen LogP contribution in [0, 0.1) is 0 Å². The molecule has 3 rings (SSSR count). The van der Waals surface area contributed by atoms with E-state index < -0.39 is 0 Å². The van der Waals surface area contributed by atoms with Crippen molar-refractivity contribution in [2.75, 3.05) is 23.7 Å². The smallest absolute Gasteiger partial charge is 0.227 e. The first-order valence-electron chi connectivity index (χ1n) is 7.53. The van der Waals surface area contributed by atoms with Gasteiger partial charge in [0.25, 0.3) is 0 Å². The minimum absolute atomic E-state index is 0.380. The molecule has 2 unspecified atom stereocenters. The lowest BCUT2D eigenvalue weighted by atomic mass is 10.1. The highest BCUT2D eigenvalue weighted by molar-refractivity contribution is 6.43. The van der Waals surface area contributed by atoms with Crippen molar-refractivity contribution in [3.8, 4) is 11.1 Å². The number of nitrogen functional groups attached to an aromatic ring is 1. The zero-order chi connectivity index (χ0) is 16.6. The lowest BCUT2D eigenvalue weighted by Gasteiger charge is -2.36. The van der Waals surface area contributed by atoms with Gasteiger partial charge in [0, 0.05) is 42.5 Å². The zero-order valence-corrected chi connectivity index (χ0v) is 14.6. The molecule has 2 atom stereocenters. The molecule has 2 heterocycles. The van der Waals surface area contributed by atoms with Gasteiger partial charge in [-0.15, -0.1) is 0 Å². The quantitative estimate of drug-likeness (QED) is 0.869. The van der Waals surface area contributed by atoms with Crippen molar-refractivity contribution in [3.05, 3.63) is 34.4 Å². The number of benzene rings is 1. The van der Waals surface area contributed by atoms with Gasteiger partial charge in [-0.1, -0.05) is 35.3 Å². The summed E-state index contributed by atoms with van der Waals surface area (Å²) in [5.41, 5.74) is 7.59. The predicted octanol–water partition coefficient (Wildman–Crippen LogP) is 3.22. The van der Waals surface area contributed by atoms with Crippen molar-refractivity contribution in [2.24, 2.45) is 0 Å². The Morgan fingerprint density at radius 1 is 1.17 bits per heavy atom. The normalized spacial score (nSPS) is 21.5. The third-order valence-electron chi connectivity index (χ3n) is 3.89. The summed E-state index contributed by atoms with van der Waals surface area (Å²) in [6.07, 6.45) is 1.71. The Labute approximate surface area is 145 Å². The molecule has 0 aliphatic carbocycles. The number of anilines is 2. The maximum absolute atomic E-state index is 6.26. The molecular weight excluding hydrogens is 333 g/mol. The number of hydrogen-bond donors (Lipinski definition) is 2. The topological polar surface area (TPSA) is 67.1 Å². The molecule has 1 aromatic carbocycles.